The normalized spacial score (nSPS) is 18.8. The topological polar surface area (TPSA) is 66.0 Å². The van der Waals surface area contributed by atoms with Gasteiger partial charge in [0, 0.05) is 44.7 Å². The fourth-order valence-electron chi connectivity index (χ4n) is 3.68. The maximum Gasteiger partial charge on any atom is 0.306 e. The number of carbonyl (C=O) groups excluding carboxylic acids is 1. The molecule has 1 saturated heterocycles. The van der Waals surface area contributed by atoms with Crippen molar-refractivity contribution in [3.05, 3.63) is 0 Å². The molecule has 0 radical (unpaired) electrons. The Morgan fingerprint density at radius 1 is 1.07 bits per heavy atom. The zero-order valence-electron chi connectivity index (χ0n) is 19.0. The van der Waals surface area contributed by atoms with Gasteiger partial charge in [0.1, 0.15) is 5.60 Å². The monoisotopic (exact) mass is 522 g/mol. The number of guanidine groups is 1. The molecule has 6 nitrogen and oxygen atoms in total. The van der Waals surface area contributed by atoms with Gasteiger partial charge in [0.05, 0.1) is 0 Å². The summed E-state index contributed by atoms with van der Waals surface area (Å²) in [7, 11) is 0. The van der Waals surface area contributed by atoms with Crippen LogP contribution in [0.25, 0.3) is 0 Å². The van der Waals surface area contributed by atoms with Crippen molar-refractivity contribution in [3.8, 4) is 0 Å². The number of halogens is 1. The van der Waals surface area contributed by atoms with E-state index in [9.17, 15) is 4.79 Å². The van der Waals surface area contributed by atoms with Crippen molar-refractivity contribution in [2.24, 2.45) is 4.99 Å². The van der Waals surface area contributed by atoms with Gasteiger partial charge in [-0.3, -0.25) is 9.79 Å². The van der Waals surface area contributed by atoms with Gasteiger partial charge < -0.3 is 20.3 Å². The highest BCUT2D eigenvalue weighted by Gasteiger charge is 2.31. The quantitative estimate of drug-likeness (QED) is 0.149. The summed E-state index contributed by atoms with van der Waals surface area (Å²) in [5.41, 5.74) is -0.379. The second-order valence-corrected chi connectivity index (χ2v) is 9.20. The lowest BCUT2D eigenvalue weighted by molar-refractivity contribution is -0.154. The summed E-state index contributed by atoms with van der Waals surface area (Å²) >= 11 is 0. The molecule has 2 fully saturated rings. The van der Waals surface area contributed by atoms with E-state index in [1.807, 2.05) is 20.8 Å². The van der Waals surface area contributed by atoms with Gasteiger partial charge in [-0.25, -0.2) is 0 Å². The number of carbonyl (C=O) groups is 1. The Labute approximate surface area is 195 Å². The Morgan fingerprint density at radius 3 is 2.31 bits per heavy atom. The molecule has 0 aromatic rings. The minimum absolute atomic E-state index is 0. The Kier molecular flexibility index (Phi) is 12.5. The van der Waals surface area contributed by atoms with Crippen LogP contribution in [0.15, 0.2) is 4.99 Å². The van der Waals surface area contributed by atoms with Crippen LogP contribution in [0.2, 0.25) is 0 Å². The van der Waals surface area contributed by atoms with E-state index in [4.69, 9.17) is 9.73 Å². The molecule has 1 aliphatic heterocycles. The number of ether oxygens (including phenoxy) is 1. The van der Waals surface area contributed by atoms with E-state index in [0.29, 0.717) is 12.5 Å². The average Bonchev–Trinajstić information content (AvgIpc) is 3.45. The fraction of sp³-hybridized carbons (Fsp3) is 0.909. The summed E-state index contributed by atoms with van der Waals surface area (Å²) < 4.78 is 5.34. The van der Waals surface area contributed by atoms with Crippen LogP contribution in [-0.4, -0.2) is 60.7 Å². The SMILES string of the molecule is CCNC(=NCCCCCCC(=O)OC(C)(C)C)NC1CCN(C2CC2)CC1.I. The third kappa shape index (κ3) is 12.0. The van der Waals surface area contributed by atoms with Crippen molar-refractivity contribution < 1.29 is 9.53 Å². The van der Waals surface area contributed by atoms with Gasteiger partial charge in [0.15, 0.2) is 5.96 Å². The standard InChI is InChI=1S/C22H42N4O2.HI/c1-5-23-21(25-18-13-16-26(17-14-18)19-11-12-19)24-15-9-7-6-8-10-20(27)28-22(2,3)4;/h18-19H,5-17H2,1-4H3,(H2,23,24,25);1H. The maximum atomic E-state index is 11.7. The second kappa shape index (κ2) is 13.7. The summed E-state index contributed by atoms with van der Waals surface area (Å²) in [6.45, 7) is 12.0. The number of nitrogens with one attached hydrogen (secondary N) is 2. The third-order valence-corrected chi connectivity index (χ3v) is 5.26. The Bertz CT molecular complexity index is 496. The summed E-state index contributed by atoms with van der Waals surface area (Å²) in [6.07, 6.45) is 9.87. The van der Waals surface area contributed by atoms with Gasteiger partial charge in [0.2, 0.25) is 0 Å². The van der Waals surface area contributed by atoms with Gasteiger partial charge in [-0.1, -0.05) is 12.8 Å². The van der Waals surface area contributed by atoms with E-state index in [-0.39, 0.29) is 35.5 Å². The molecule has 0 amide bonds. The third-order valence-electron chi connectivity index (χ3n) is 5.26. The molecule has 1 heterocycles. The van der Waals surface area contributed by atoms with Crippen molar-refractivity contribution in [1.82, 2.24) is 15.5 Å². The summed E-state index contributed by atoms with van der Waals surface area (Å²) in [5.74, 6) is 0.873. The number of hydrogen-bond acceptors (Lipinski definition) is 4. The molecule has 0 atom stereocenters. The van der Waals surface area contributed by atoms with Crippen LogP contribution >= 0.6 is 24.0 Å². The number of aliphatic imine (C=N–C) groups is 1. The van der Waals surface area contributed by atoms with E-state index < -0.39 is 0 Å². The number of esters is 1. The molecule has 0 spiro atoms. The molecule has 0 bridgehead atoms. The predicted molar refractivity (Wildman–Crippen MR) is 131 cm³/mol. The Morgan fingerprint density at radius 2 is 1.72 bits per heavy atom. The summed E-state index contributed by atoms with van der Waals surface area (Å²) in [4.78, 5) is 19.1. The van der Waals surface area contributed by atoms with Crippen molar-refractivity contribution in [2.45, 2.75) is 103 Å². The van der Waals surface area contributed by atoms with Crippen molar-refractivity contribution in [2.75, 3.05) is 26.2 Å². The molecule has 1 aliphatic carbocycles. The van der Waals surface area contributed by atoms with E-state index >= 15 is 0 Å². The molecular weight excluding hydrogens is 479 g/mol. The van der Waals surface area contributed by atoms with E-state index in [0.717, 1.165) is 50.8 Å². The molecule has 0 unspecified atom stereocenters. The van der Waals surface area contributed by atoms with Gasteiger partial charge >= 0.3 is 5.97 Å². The molecule has 2 rings (SSSR count). The molecule has 170 valence electrons. The lowest BCUT2D eigenvalue weighted by Gasteiger charge is -2.33. The highest BCUT2D eigenvalue weighted by atomic mass is 127. The first kappa shape index (κ1) is 26.5. The zero-order valence-corrected chi connectivity index (χ0v) is 21.3. The number of rotatable bonds is 10. The average molecular weight is 523 g/mol. The van der Waals surface area contributed by atoms with Crippen LogP contribution < -0.4 is 10.6 Å². The number of unbranched alkanes of at least 4 members (excludes halogenated alkanes) is 3. The summed E-state index contributed by atoms with van der Waals surface area (Å²) in [5, 5.41) is 7.01. The highest BCUT2D eigenvalue weighted by molar-refractivity contribution is 14.0. The van der Waals surface area contributed by atoms with Crippen LogP contribution in [0.1, 0.15) is 85.5 Å². The van der Waals surface area contributed by atoms with Crippen molar-refractivity contribution in [1.29, 1.82) is 0 Å². The lowest BCUT2D eigenvalue weighted by Crippen LogP contribution is -2.49. The number of hydrogen-bond donors (Lipinski definition) is 2. The van der Waals surface area contributed by atoms with Crippen LogP contribution in [-0.2, 0) is 9.53 Å². The Balaban J connectivity index is 0.00000420. The first-order valence-electron chi connectivity index (χ1n) is 11.4. The van der Waals surface area contributed by atoms with Gasteiger partial charge in [0.25, 0.3) is 0 Å². The second-order valence-electron chi connectivity index (χ2n) is 9.20. The van der Waals surface area contributed by atoms with Crippen LogP contribution in [0, 0.1) is 0 Å². The fourth-order valence-corrected chi connectivity index (χ4v) is 3.68. The molecule has 29 heavy (non-hydrogen) atoms. The van der Waals surface area contributed by atoms with Gasteiger partial charge in [-0.2, -0.15) is 0 Å². The van der Waals surface area contributed by atoms with Crippen molar-refractivity contribution >= 4 is 35.9 Å². The zero-order chi connectivity index (χ0) is 20.4. The number of piperidine rings is 1. The smallest absolute Gasteiger partial charge is 0.306 e. The van der Waals surface area contributed by atoms with Gasteiger partial charge in [-0.05, 0) is 66.2 Å². The molecule has 1 saturated carbocycles. The van der Waals surface area contributed by atoms with E-state index in [1.54, 1.807) is 0 Å². The molecule has 0 aromatic carbocycles. The van der Waals surface area contributed by atoms with E-state index in [2.05, 4.69) is 22.5 Å². The molecule has 7 heteroatoms. The first-order valence-corrected chi connectivity index (χ1v) is 11.4. The van der Waals surface area contributed by atoms with Crippen LogP contribution in [0.4, 0.5) is 0 Å². The minimum atomic E-state index is -0.379. The molecule has 2 N–H and O–H groups in total. The van der Waals surface area contributed by atoms with Crippen LogP contribution in [0.3, 0.4) is 0 Å². The Hall–Kier alpha value is -0.570. The molecule has 0 aromatic heterocycles. The predicted octanol–water partition coefficient (Wildman–Crippen LogP) is 4.08. The molecular formula is C22H43IN4O2. The van der Waals surface area contributed by atoms with Gasteiger partial charge in [-0.15, -0.1) is 24.0 Å². The lowest BCUT2D eigenvalue weighted by atomic mass is 10.1. The maximum absolute atomic E-state index is 11.7. The van der Waals surface area contributed by atoms with Crippen LogP contribution in [0.5, 0.6) is 0 Å². The largest absolute Gasteiger partial charge is 0.460 e. The minimum Gasteiger partial charge on any atom is -0.460 e. The first-order chi connectivity index (χ1) is 13.4. The highest BCUT2D eigenvalue weighted by Crippen LogP contribution is 2.29. The number of likely N-dealkylation sites (tertiary alicyclic amines) is 1. The van der Waals surface area contributed by atoms with Crippen molar-refractivity contribution in [3.63, 3.8) is 0 Å². The molecule has 2 aliphatic rings. The van der Waals surface area contributed by atoms with E-state index in [1.165, 1.54) is 38.8 Å². The number of nitrogens with zero attached hydrogens (tertiary/aromatic N) is 2. The summed E-state index contributed by atoms with van der Waals surface area (Å²) in [6, 6.07) is 1.43.